The smallest absolute Gasteiger partial charge is 0.334 e. The Kier molecular flexibility index (Phi) is 12.3. The first-order valence-corrected chi connectivity index (χ1v) is 10.2. The average molecular weight is 436 g/mol. The second-order valence-corrected chi connectivity index (χ2v) is 6.96. The third kappa shape index (κ3) is 11.0. The first-order chi connectivity index (χ1) is 14.9. The maximum atomic E-state index is 12.7. The average Bonchev–Trinajstić information content (AvgIpc) is 2.75. The van der Waals surface area contributed by atoms with E-state index in [1.807, 2.05) is 30.3 Å². The van der Waals surface area contributed by atoms with Crippen molar-refractivity contribution in [2.45, 2.75) is 51.2 Å². The molecule has 31 heavy (non-hydrogen) atoms. The van der Waals surface area contributed by atoms with Crippen LogP contribution >= 0.6 is 0 Å². The van der Waals surface area contributed by atoms with Crippen molar-refractivity contribution in [1.82, 2.24) is 26.8 Å². The molecule has 0 aliphatic carbocycles. The van der Waals surface area contributed by atoms with E-state index in [0.29, 0.717) is 32.4 Å². The zero-order valence-electron chi connectivity index (χ0n) is 17.8. The summed E-state index contributed by atoms with van der Waals surface area (Å²) < 4.78 is 0. The number of carbonyl (C=O) groups is 4. The Morgan fingerprint density at radius 2 is 1.52 bits per heavy atom. The summed E-state index contributed by atoms with van der Waals surface area (Å²) >= 11 is 0. The summed E-state index contributed by atoms with van der Waals surface area (Å²) in [7, 11) is 0. The number of carbonyl (C=O) groups excluding carboxylic acids is 4. The van der Waals surface area contributed by atoms with Gasteiger partial charge in [0.05, 0.1) is 0 Å². The van der Waals surface area contributed by atoms with Gasteiger partial charge in [0.2, 0.25) is 17.7 Å². The summed E-state index contributed by atoms with van der Waals surface area (Å²) in [5.41, 5.74) is 16.3. The normalized spacial score (nSPS) is 12.2. The van der Waals surface area contributed by atoms with Gasteiger partial charge in [0.25, 0.3) is 0 Å². The Hall–Kier alpha value is -3.18. The SMILES string of the molecule is CC(=O)NNC(=O)NC(CCN)C(=O)N[C@@H](CCCCN)C(=O)NCc1ccccc1. The monoisotopic (exact) mass is 435 g/mol. The largest absolute Gasteiger partial charge is 0.350 e. The highest BCUT2D eigenvalue weighted by molar-refractivity contribution is 5.92. The van der Waals surface area contributed by atoms with E-state index in [0.717, 1.165) is 5.56 Å². The van der Waals surface area contributed by atoms with Crippen LogP contribution in [0.4, 0.5) is 4.79 Å². The quantitative estimate of drug-likeness (QED) is 0.163. The molecule has 172 valence electrons. The van der Waals surface area contributed by atoms with E-state index < -0.39 is 29.9 Å². The van der Waals surface area contributed by atoms with E-state index in [-0.39, 0.29) is 18.9 Å². The van der Waals surface area contributed by atoms with Crippen LogP contribution in [0.5, 0.6) is 0 Å². The molecule has 1 aromatic carbocycles. The van der Waals surface area contributed by atoms with Crippen molar-refractivity contribution >= 4 is 23.8 Å². The Balaban J connectivity index is 2.73. The van der Waals surface area contributed by atoms with Crippen molar-refractivity contribution in [3.05, 3.63) is 35.9 Å². The molecule has 0 radical (unpaired) electrons. The van der Waals surface area contributed by atoms with Gasteiger partial charge >= 0.3 is 6.03 Å². The van der Waals surface area contributed by atoms with Crippen LogP contribution in [0.2, 0.25) is 0 Å². The number of unbranched alkanes of at least 4 members (excludes halogenated alkanes) is 1. The molecule has 1 rings (SSSR count). The van der Waals surface area contributed by atoms with Gasteiger partial charge in [-0.15, -0.1) is 0 Å². The molecule has 0 aliphatic heterocycles. The number of hydrogen-bond acceptors (Lipinski definition) is 6. The molecule has 1 unspecified atom stereocenters. The first-order valence-electron chi connectivity index (χ1n) is 10.2. The van der Waals surface area contributed by atoms with Crippen LogP contribution in [-0.2, 0) is 20.9 Å². The summed E-state index contributed by atoms with van der Waals surface area (Å²) in [6, 6.07) is 6.87. The van der Waals surface area contributed by atoms with Gasteiger partial charge in [-0.25, -0.2) is 10.2 Å². The highest BCUT2D eigenvalue weighted by Gasteiger charge is 2.26. The molecule has 11 nitrogen and oxygen atoms in total. The third-order valence-electron chi connectivity index (χ3n) is 4.32. The first kappa shape index (κ1) is 25.9. The number of hydrogen-bond donors (Lipinski definition) is 7. The summed E-state index contributed by atoms with van der Waals surface area (Å²) in [4.78, 5) is 48.2. The van der Waals surface area contributed by atoms with Crippen molar-refractivity contribution in [1.29, 1.82) is 0 Å². The minimum Gasteiger partial charge on any atom is -0.350 e. The molecule has 0 bridgehead atoms. The zero-order chi connectivity index (χ0) is 23.1. The summed E-state index contributed by atoms with van der Waals surface area (Å²) in [6.45, 7) is 2.17. The number of rotatable bonds is 12. The summed E-state index contributed by atoms with van der Waals surface area (Å²) in [6.07, 6.45) is 1.91. The lowest BCUT2D eigenvalue weighted by Crippen LogP contribution is -2.57. The molecule has 11 heteroatoms. The van der Waals surface area contributed by atoms with Gasteiger partial charge in [-0.1, -0.05) is 30.3 Å². The standard InChI is InChI=1S/C20H33N7O4/c1-14(28)26-27-20(31)25-17(10-12-22)19(30)24-16(9-5-6-11-21)18(29)23-13-15-7-3-2-4-8-15/h2-4,7-8,16-17H,5-6,9-13,21-22H2,1H3,(H,23,29)(H,24,30)(H,26,28)(H2,25,27,31)/t16-,17?/m0/s1. The predicted molar refractivity (Wildman–Crippen MR) is 116 cm³/mol. The molecular formula is C20H33N7O4. The highest BCUT2D eigenvalue weighted by Crippen LogP contribution is 2.04. The minimum atomic E-state index is -0.974. The van der Waals surface area contributed by atoms with Crippen molar-refractivity contribution < 1.29 is 19.2 Å². The fourth-order valence-electron chi connectivity index (χ4n) is 2.72. The van der Waals surface area contributed by atoms with Crippen LogP contribution < -0.4 is 38.3 Å². The van der Waals surface area contributed by atoms with Crippen LogP contribution in [0.25, 0.3) is 0 Å². The molecule has 2 atom stereocenters. The van der Waals surface area contributed by atoms with Gasteiger partial charge in [0, 0.05) is 13.5 Å². The van der Waals surface area contributed by atoms with Crippen LogP contribution in [0.15, 0.2) is 30.3 Å². The second kappa shape index (κ2) is 14.7. The molecule has 0 aromatic heterocycles. The van der Waals surface area contributed by atoms with Crippen LogP contribution in [0, 0.1) is 0 Å². The van der Waals surface area contributed by atoms with E-state index in [1.54, 1.807) is 0 Å². The molecule has 0 spiro atoms. The van der Waals surface area contributed by atoms with Crippen molar-refractivity contribution in [2.75, 3.05) is 13.1 Å². The Labute approximate surface area is 182 Å². The van der Waals surface area contributed by atoms with E-state index in [1.165, 1.54) is 6.92 Å². The fourth-order valence-corrected chi connectivity index (χ4v) is 2.72. The third-order valence-corrected chi connectivity index (χ3v) is 4.32. The van der Waals surface area contributed by atoms with Crippen molar-refractivity contribution in [2.24, 2.45) is 11.5 Å². The lowest BCUT2D eigenvalue weighted by molar-refractivity contribution is -0.130. The molecule has 9 N–H and O–H groups in total. The molecule has 0 saturated carbocycles. The summed E-state index contributed by atoms with van der Waals surface area (Å²) in [5, 5.41) is 7.94. The number of hydrazine groups is 1. The number of nitrogens with two attached hydrogens (primary N) is 2. The maximum absolute atomic E-state index is 12.7. The van der Waals surface area contributed by atoms with E-state index in [2.05, 4.69) is 26.8 Å². The van der Waals surface area contributed by atoms with Crippen LogP contribution in [-0.4, -0.2) is 48.9 Å². The Bertz CT molecular complexity index is 715. The lowest BCUT2D eigenvalue weighted by Gasteiger charge is -2.23. The molecule has 0 heterocycles. The molecule has 0 saturated heterocycles. The number of amides is 5. The van der Waals surface area contributed by atoms with E-state index >= 15 is 0 Å². The second-order valence-electron chi connectivity index (χ2n) is 6.96. The van der Waals surface area contributed by atoms with Crippen LogP contribution in [0.3, 0.4) is 0 Å². The van der Waals surface area contributed by atoms with Gasteiger partial charge in [-0.2, -0.15) is 0 Å². The molecule has 0 fully saturated rings. The number of nitrogens with one attached hydrogen (secondary N) is 5. The highest BCUT2D eigenvalue weighted by atomic mass is 16.2. The van der Waals surface area contributed by atoms with Crippen molar-refractivity contribution in [3.8, 4) is 0 Å². The topological polar surface area (TPSA) is 180 Å². The van der Waals surface area contributed by atoms with Gasteiger partial charge in [0.15, 0.2) is 0 Å². The number of benzene rings is 1. The molecule has 1 aromatic rings. The fraction of sp³-hybridized carbons (Fsp3) is 0.500. The molecule has 5 amide bonds. The Morgan fingerprint density at radius 3 is 2.13 bits per heavy atom. The predicted octanol–water partition coefficient (Wildman–Crippen LogP) is -1.02. The minimum absolute atomic E-state index is 0.135. The summed E-state index contributed by atoms with van der Waals surface area (Å²) in [5.74, 6) is -1.34. The van der Waals surface area contributed by atoms with Crippen LogP contribution in [0.1, 0.15) is 38.2 Å². The van der Waals surface area contributed by atoms with E-state index in [4.69, 9.17) is 11.5 Å². The lowest BCUT2D eigenvalue weighted by atomic mass is 10.1. The zero-order valence-corrected chi connectivity index (χ0v) is 17.8. The van der Waals surface area contributed by atoms with Gasteiger partial charge in [-0.3, -0.25) is 19.8 Å². The molecular weight excluding hydrogens is 402 g/mol. The van der Waals surface area contributed by atoms with E-state index in [9.17, 15) is 19.2 Å². The number of urea groups is 1. The van der Waals surface area contributed by atoms with Gasteiger partial charge in [0.1, 0.15) is 12.1 Å². The van der Waals surface area contributed by atoms with Gasteiger partial charge < -0.3 is 27.4 Å². The Morgan fingerprint density at radius 1 is 0.839 bits per heavy atom. The van der Waals surface area contributed by atoms with Gasteiger partial charge in [-0.05, 0) is 44.3 Å². The maximum Gasteiger partial charge on any atom is 0.334 e. The van der Waals surface area contributed by atoms with Crippen molar-refractivity contribution in [3.63, 3.8) is 0 Å². The molecule has 0 aliphatic rings.